The van der Waals surface area contributed by atoms with Crippen LogP contribution in [0.4, 0.5) is 10.8 Å². The SMILES string of the molecule is COc1ccc(N2CC(C(=O)Nc3ncc(Cc4ccccc4)s3)CC2=O)cc1. The number of carbonyl (C=O) groups is 2. The van der Waals surface area contributed by atoms with Crippen molar-refractivity contribution in [3.63, 3.8) is 0 Å². The van der Waals surface area contributed by atoms with E-state index in [0.717, 1.165) is 22.7 Å². The molecule has 1 aliphatic rings. The molecule has 1 N–H and O–H groups in total. The highest BCUT2D eigenvalue weighted by atomic mass is 32.1. The zero-order valence-electron chi connectivity index (χ0n) is 16.0. The molecule has 2 heterocycles. The van der Waals surface area contributed by atoms with Gasteiger partial charge in [0.25, 0.3) is 0 Å². The molecular formula is C22H21N3O3S. The number of amides is 2. The molecule has 4 rings (SSSR count). The Morgan fingerprint density at radius 3 is 2.69 bits per heavy atom. The Bertz CT molecular complexity index is 1000. The van der Waals surface area contributed by atoms with Gasteiger partial charge in [0.2, 0.25) is 11.8 Å². The first-order valence-electron chi connectivity index (χ1n) is 9.36. The second-order valence-corrected chi connectivity index (χ2v) is 8.00. The molecule has 1 saturated heterocycles. The number of methoxy groups -OCH3 is 1. The van der Waals surface area contributed by atoms with Crippen LogP contribution in [0.3, 0.4) is 0 Å². The van der Waals surface area contributed by atoms with Crippen molar-refractivity contribution < 1.29 is 14.3 Å². The standard InChI is InChI=1S/C22H21N3O3S/c1-28-18-9-7-17(8-10-18)25-14-16(12-20(25)26)21(27)24-22-23-13-19(29-22)11-15-5-3-2-4-6-15/h2-10,13,16H,11-12,14H2,1H3,(H,23,24,27). The van der Waals surface area contributed by atoms with E-state index in [-0.39, 0.29) is 18.2 Å². The minimum atomic E-state index is -0.397. The summed E-state index contributed by atoms with van der Waals surface area (Å²) in [4.78, 5) is 32.1. The first-order chi connectivity index (χ1) is 14.1. The Kier molecular flexibility index (Phi) is 5.57. The van der Waals surface area contributed by atoms with Gasteiger partial charge >= 0.3 is 0 Å². The molecule has 29 heavy (non-hydrogen) atoms. The molecule has 0 bridgehead atoms. The van der Waals surface area contributed by atoms with E-state index >= 15 is 0 Å². The van der Waals surface area contributed by atoms with E-state index in [9.17, 15) is 9.59 Å². The van der Waals surface area contributed by atoms with E-state index in [1.165, 1.54) is 16.9 Å². The lowest BCUT2D eigenvalue weighted by molar-refractivity contribution is -0.122. The first-order valence-corrected chi connectivity index (χ1v) is 10.2. The van der Waals surface area contributed by atoms with Gasteiger partial charge in [0.15, 0.2) is 5.13 Å². The quantitative estimate of drug-likeness (QED) is 0.676. The second-order valence-electron chi connectivity index (χ2n) is 6.89. The van der Waals surface area contributed by atoms with E-state index in [1.54, 1.807) is 30.3 Å². The van der Waals surface area contributed by atoms with Crippen molar-refractivity contribution in [1.82, 2.24) is 4.98 Å². The molecular weight excluding hydrogens is 386 g/mol. The Labute approximate surface area is 173 Å². The molecule has 3 aromatic rings. The van der Waals surface area contributed by atoms with Gasteiger partial charge in [-0.1, -0.05) is 30.3 Å². The van der Waals surface area contributed by atoms with Gasteiger partial charge in [-0.05, 0) is 29.8 Å². The number of nitrogens with one attached hydrogen (secondary N) is 1. The average molecular weight is 407 g/mol. The number of thiazole rings is 1. The maximum absolute atomic E-state index is 12.7. The summed E-state index contributed by atoms with van der Waals surface area (Å²) in [5.41, 5.74) is 1.97. The summed E-state index contributed by atoms with van der Waals surface area (Å²) in [6.45, 7) is 0.360. The van der Waals surface area contributed by atoms with Gasteiger partial charge in [-0.3, -0.25) is 9.59 Å². The van der Waals surface area contributed by atoms with Crippen LogP contribution < -0.4 is 15.0 Å². The summed E-state index contributed by atoms with van der Waals surface area (Å²) in [6, 6.07) is 17.4. The minimum Gasteiger partial charge on any atom is -0.497 e. The van der Waals surface area contributed by atoms with Crippen LogP contribution in [0, 0.1) is 5.92 Å². The minimum absolute atomic E-state index is 0.0563. The van der Waals surface area contributed by atoms with Crippen LogP contribution in [0.1, 0.15) is 16.9 Å². The number of hydrogen-bond donors (Lipinski definition) is 1. The highest BCUT2D eigenvalue weighted by molar-refractivity contribution is 7.15. The van der Waals surface area contributed by atoms with E-state index in [0.29, 0.717) is 11.7 Å². The third-order valence-corrected chi connectivity index (χ3v) is 5.80. The van der Waals surface area contributed by atoms with Crippen molar-refractivity contribution in [2.75, 3.05) is 23.9 Å². The molecule has 6 nitrogen and oxygen atoms in total. The van der Waals surface area contributed by atoms with Crippen LogP contribution in [0.2, 0.25) is 0 Å². The summed E-state index contributed by atoms with van der Waals surface area (Å²) in [5.74, 6) is 0.102. The van der Waals surface area contributed by atoms with Crippen molar-refractivity contribution in [1.29, 1.82) is 0 Å². The predicted octanol–water partition coefficient (Wildman–Crippen LogP) is 3.73. The Balaban J connectivity index is 1.37. The van der Waals surface area contributed by atoms with E-state index < -0.39 is 5.92 Å². The topological polar surface area (TPSA) is 71.5 Å². The fraction of sp³-hybridized carbons (Fsp3) is 0.227. The van der Waals surface area contributed by atoms with Crippen molar-refractivity contribution in [3.05, 3.63) is 71.2 Å². The number of hydrogen-bond acceptors (Lipinski definition) is 5. The van der Waals surface area contributed by atoms with Crippen LogP contribution in [0.15, 0.2) is 60.8 Å². The molecule has 7 heteroatoms. The zero-order valence-corrected chi connectivity index (χ0v) is 16.8. The lowest BCUT2D eigenvalue weighted by atomic mass is 10.1. The number of nitrogens with zero attached hydrogens (tertiary/aromatic N) is 2. The first kappa shape index (κ1) is 19.1. The van der Waals surface area contributed by atoms with Crippen LogP contribution in [0.25, 0.3) is 0 Å². The number of rotatable bonds is 6. The number of benzene rings is 2. The highest BCUT2D eigenvalue weighted by Crippen LogP contribution is 2.28. The molecule has 1 atom stereocenters. The lowest BCUT2D eigenvalue weighted by Crippen LogP contribution is -2.28. The molecule has 0 spiro atoms. The summed E-state index contributed by atoms with van der Waals surface area (Å²) >= 11 is 1.46. The van der Waals surface area contributed by atoms with Crippen molar-refractivity contribution >= 4 is 34.0 Å². The Morgan fingerprint density at radius 2 is 1.97 bits per heavy atom. The van der Waals surface area contributed by atoms with Gasteiger partial charge in [-0.25, -0.2) is 4.98 Å². The maximum Gasteiger partial charge on any atom is 0.231 e. The molecule has 2 amide bonds. The zero-order chi connectivity index (χ0) is 20.2. The van der Waals surface area contributed by atoms with Gasteiger partial charge in [0.05, 0.1) is 13.0 Å². The molecule has 0 radical (unpaired) electrons. The van der Waals surface area contributed by atoms with Crippen LogP contribution in [-0.2, 0) is 16.0 Å². The summed E-state index contributed by atoms with van der Waals surface area (Å²) in [6.07, 6.45) is 2.76. The van der Waals surface area contributed by atoms with E-state index in [4.69, 9.17) is 4.74 Å². The number of carbonyl (C=O) groups excluding carboxylic acids is 2. The predicted molar refractivity (Wildman–Crippen MR) is 113 cm³/mol. The summed E-state index contributed by atoms with van der Waals surface area (Å²) in [5, 5.41) is 3.44. The lowest BCUT2D eigenvalue weighted by Gasteiger charge is -2.16. The number of ether oxygens (including phenoxy) is 1. The van der Waals surface area contributed by atoms with Crippen molar-refractivity contribution in [2.45, 2.75) is 12.8 Å². The third kappa shape index (κ3) is 4.46. The molecule has 1 aromatic heterocycles. The normalized spacial score (nSPS) is 16.1. The van der Waals surface area contributed by atoms with Gasteiger partial charge in [0.1, 0.15) is 5.75 Å². The molecule has 1 aliphatic heterocycles. The van der Waals surface area contributed by atoms with Crippen molar-refractivity contribution in [3.8, 4) is 5.75 Å². The van der Waals surface area contributed by atoms with E-state index in [2.05, 4.69) is 22.4 Å². The summed E-state index contributed by atoms with van der Waals surface area (Å²) in [7, 11) is 1.60. The molecule has 0 aliphatic carbocycles. The van der Waals surface area contributed by atoms with Crippen molar-refractivity contribution in [2.24, 2.45) is 5.92 Å². The maximum atomic E-state index is 12.7. The largest absolute Gasteiger partial charge is 0.497 e. The fourth-order valence-electron chi connectivity index (χ4n) is 3.35. The summed E-state index contributed by atoms with van der Waals surface area (Å²) < 4.78 is 5.15. The van der Waals surface area contributed by atoms with Gasteiger partial charge in [-0.15, -0.1) is 11.3 Å². The molecule has 1 fully saturated rings. The number of aromatic nitrogens is 1. The third-order valence-electron chi connectivity index (χ3n) is 4.88. The Hall–Kier alpha value is -3.19. The molecule has 0 saturated carbocycles. The second kappa shape index (κ2) is 8.45. The van der Waals surface area contributed by atoms with E-state index in [1.807, 2.05) is 30.3 Å². The van der Waals surface area contributed by atoms with Crippen LogP contribution in [0.5, 0.6) is 5.75 Å². The van der Waals surface area contributed by atoms with Gasteiger partial charge in [-0.2, -0.15) is 0 Å². The van der Waals surface area contributed by atoms with Gasteiger partial charge in [0, 0.05) is 36.1 Å². The molecule has 1 unspecified atom stereocenters. The Morgan fingerprint density at radius 1 is 1.21 bits per heavy atom. The monoisotopic (exact) mass is 407 g/mol. The van der Waals surface area contributed by atoms with Crippen LogP contribution in [-0.4, -0.2) is 30.5 Å². The van der Waals surface area contributed by atoms with Gasteiger partial charge < -0.3 is 15.0 Å². The molecule has 2 aromatic carbocycles. The fourth-order valence-corrected chi connectivity index (χ4v) is 4.20. The smallest absolute Gasteiger partial charge is 0.231 e. The van der Waals surface area contributed by atoms with Crippen LogP contribution >= 0.6 is 11.3 Å². The molecule has 148 valence electrons. The highest BCUT2D eigenvalue weighted by Gasteiger charge is 2.35. The number of anilines is 2. The average Bonchev–Trinajstić information content (AvgIpc) is 3.35.